The highest BCUT2D eigenvalue weighted by Crippen LogP contribution is 2.38. The summed E-state index contributed by atoms with van der Waals surface area (Å²) in [5.41, 5.74) is 3.89. The van der Waals surface area contributed by atoms with Gasteiger partial charge in [-0.05, 0) is 66.1 Å². The van der Waals surface area contributed by atoms with E-state index in [0.29, 0.717) is 16.3 Å². The molecule has 156 valence electrons. The number of halogens is 1. The van der Waals surface area contributed by atoms with E-state index in [-0.39, 0.29) is 5.78 Å². The standard InChI is InChI=1S/C26H22ClNO3/c1-17(16-18-6-4-3-5-7-18)25(29)23-24(19-10-14-22(30-2)15-11-19)28-31-26(23)20-8-12-21(27)13-9-20/h3-16,23,26H,1-2H3/b17-16+. The van der Waals surface area contributed by atoms with Gasteiger partial charge in [0.25, 0.3) is 0 Å². The van der Waals surface area contributed by atoms with Crippen LogP contribution < -0.4 is 4.74 Å². The summed E-state index contributed by atoms with van der Waals surface area (Å²) >= 11 is 6.05. The van der Waals surface area contributed by atoms with E-state index in [1.807, 2.05) is 79.7 Å². The molecule has 0 N–H and O–H groups in total. The lowest BCUT2D eigenvalue weighted by atomic mass is 9.83. The molecular formula is C26H22ClNO3. The van der Waals surface area contributed by atoms with E-state index in [0.717, 1.165) is 22.4 Å². The largest absolute Gasteiger partial charge is 0.497 e. The van der Waals surface area contributed by atoms with Gasteiger partial charge in [-0.25, -0.2) is 0 Å². The van der Waals surface area contributed by atoms with Gasteiger partial charge in [-0.2, -0.15) is 0 Å². The van der Waals surface area contributed by atoms with Crippen molar-refractivity contribution < 1.29 is 14.4 Å². The first-order valence-corrected chi connectivity index (χ1v) is 10.4. The molecule has 0 bridgehead atoms. The summed E-state index contributed by atoms with van der Waals surface area (Å²) in [6, 6.07) is 24.6. The molecular weight excluding hydrogens is 410 g/mol. The molecule has 2 unspecified atom stereocenters. The summed E-state index contributed by atoms with van der Waals surface area (Å²) in [6.07, 6.45) is 1.37. The molecule has 3 aromatic carbocycles. The molecule has 31 heavy (non-hydrogen) atoms. The number of oxime groups is 1. The molecule has 4 nitrogen and oxygen atoms in total. The molecule has 1 aliphatic heterocycles. The Kier molecular flexibility index (Phi) is 6.19. The van der Waals surface area contributed by atoms with E-state index in [1.165, 1.54) is 0 Å². The molecule has 0 saturated carbocycles. The molecule has 1 aliphatic rings. The summed E-state index contributed by atoms with van der Waals surface area (Å²) < 4.78 is 5.25. The number of hydrogen-bond acceptors (Lipinski definition) is 4. The zero-order valence-electron chi connectivity index (χ0n) is 17.3. The molecule has 4 rings (SSSR count). The number of benzene rings is 3. The van der Waals surface area contributed by atoms with Gasteiger partial charge >= 0.3 is 0 Å². The fraction of sp³-hybridized carbons (Fsp3) is 0.154. The summed E-state index contributed by atoms with van der Waals surface area (Å²) in [7, 11) is 1.62. The van der Waals surface area contributed by atoms with Crippen molar-refractivity contribution in [3.05, 3.63) is 106 Å². The van der Waals surface area contributed by atoms with Crippen molar-refractivity contribution in [2.45, 2.75) is 13.0 Å². The van der Waals surface area contributed by atoms with Gasteiger partial charge < -0.3 is 9.57 Å². The first kappa shape index (κ1) is 20.9. The fourth-order valence-corrected chi connectivity index (χ4v) is 3.78. The first-order chi connectivity index (χ1) is 15.1. The molecule has 0 fully saturated rings. The Morgan fingerprint density at radius 2 is 1.68 bits per heavy atom. The Morgan fingerprint density at radius 3 is 2.32 bits per heavy atom. The number of Topliss-reactive ketones (excluding diaryl/α,β-unsaturated/α-hetero) is 1. The average Bonchev–Trinajstić information content (AvgIpc) is 3.24. The molecule has 2 atom stereocenters. The Labute approximate surface area is 186 Å². The number of hydrogen-bond donors (Lipinski definition) is 0. The number of rotatable bonds is 6. The Hall–Kier alpha value is -3.37. The van der Waals surface area contributed by atoms with E-state index < -0.39 is 12.0 Å². The van der Waals surface area contributed by atoms with Crippen LogP contribution in [0.25, 0.3) is 6.08 Å². The molecule has 1 heterocycles. The third-order valence-electron chi connectivity index (χ3n) is 5.30. The van der Waals surface area contributed by atoms with Gasteiger partial charge in [-0.1, -0.05) is 59.2 Å². The number of ketones is 1. The summed E-state index contributed by atoms with van der Waals surface area (Å²) in [4.78, 5) is 19.4. The van der Waals surface area contributed by atoms with E-state index in [2.05, 4.69) is 5.16 Å². The van der Waals surface area contributed by atoms with Gasteiger partial charge in [-0.15, -0.1) is 0 Å². The smallest absolute Gasteiger partial charge is 0.172 e. The second-order valence-corrected chi connectivity index (χ2v) is 7.80. The normalized spacial score (nSPS) is 18.3. The highest BCUT2D eigenvalue weighted by molar-refractivity contribution is 6.30. The van der Waals surface area contributed by atoms with Crippen LogP contribution in [0.3, 0.4) is 0 Å². The highest BCUT2D eigenvalue weighted by Gasteiger charge is 2.41. The quantitative estimate of drug-likeness (QED) is 0.442. The van der Waals surface area contributed by atoms with Crippen LogP contribution in [-0.2, 0) is 9.63 Å². The molecule has 0 saturated heterocycles. The highest BCUT2D eigenvalue weighted by atomic mass is 35.5. The molecule has 0 amide bonds. The van der Waals surface area contributed by atoms with Crippen LogP contribution >= 0.6 is 11.6 Å². The zero-order valence-corrected chi connectivity index (χ0v) is 18.0. The lowest BCUT2D eigenvalue weighted by Gasteiger charge is -2.19. The van der Waals surface area contributed by atoms with Gasteiger partial charge in [-0.3, -0.25) is 4.79 Å². The van der Waals surface area contributed by atoms with Crippen LogP contribution in [0, 0.1) is 5.92 Å². The zero-order chi connectivity index (χ0) is 21.8. The molecule has 0 aliphatic carbocycles. The Morgan fingerprint density at radius 1 is 1.00 bits per heavy atom. The molecule has 5 heteroatoms. The average molecular weight is 432 g/mol. The van der Waals surface area contributed by atoms with Gasteiger partial charge in [0.15, 0.2) is 11.9 Å². The minimum Gasteiger partial charge on any atom is -0.497 e. The maximum Gasteiger partial charge on any atom is 0.172 e. The molecule has 0 aromatic heterocycles. The third kappa shape index (κ3) is 4.54. The van der Waals surface area contributed by atoms with Crippen LogP contribution in [-0.4, -0.2) is 18.6 Å². The number of methoxy groups -OCH3 is 1. The maximum absolute atomic E-state index is 13.6. The number of carbonyl (C=O) groups excluding carboxylic acids is 1. The summed E-state index contributed by atoms with van der Waals surface area (Å²) in [6.45, 7) is 1.83. The van der Waals surface area contributed by atoms with Gasteiger partial charge in [0, 0.05) is 10.6 Å². The molecule has 0 radical (unpaired) electrons. The van der Waals surface area contributed by atoms with Crippen molar-refractivity contribution in [2.24, 2.45) is 11.1 Å². The first-order valence-electron chi connectivity index (χ1n) is 9.98. The van der Waals surface area contributed by atoms with Crippen LogP contribution in [0.1, 0.15) is 29.7 Å². The van der Waals surface area contributed by atoms with Crippen molar-refractivity contribution in [1.82, 2.24) is 0 Å². The van der Waals surface area contributed by atoms with Crippen molar-refractivity contribution >= 4 is 29.2 Å². The SMILES string of the molecule is COc1ccc(C2=NOC(c3ccc(Cl)cc3)C2C(=O)/C(C)=C/c2ccccc2)cc1. The van der Waals surface area contributed by atoms with Crippen molar-refractivity contribution in [3.63, 3.8) is 0 Å². The number of allylic oxidation sites excluding steroid dienone is 1. The fourth-order valence-electron chi connectivity index (χ4n) is 3.65. The second kappa shape index (κ2) is 9.19. The number of ether oxygens (including phenoxy) is 1. The molecule has 0 spiro atoms. The van der Waals surface area contributed by atoms with Crippen molar-refractivity contribution in [2.75, 3.05) is 7.11 Å². The third-order valence-corrected chi connectivity index (χ3v) is 5.55. The van der Waals surface area contributed by atoms with Crippen LogP contribution in [0.15, 0.2) is 89.6 Å². The van der Waals surface area contributed by atoms with E-state index in [9.17, 15) is 4.79 Å². The maximum atomic E-state index is 13.6. The second-order valence-electron chi connectivity index (χ2n) is 7.36. The van der Waals surface area contributed by atoms with Gasteiger partial charge in [0.05, 0.1) is 7.11 Å². The predicted octanol–water partition coefficient (Wildman–Crippen LogP) is 6.11. The lowest BCUT2D eigenvalue weighted by Crippen LogP contribution is -2.28. The van der Waals surface area contributed by atoms with E-state index in [4.69, 9.17) is 21.2 Å². The summed E-state index contributed by atoms with van der Waals surface area (Å²) in [5, 5.41) is 4.95. The summed E-state index contributed by atoms with van der Waals surface area (Å²) in [5.74, 6) is 0.131. The predicted molar refractivity (Wildman–Crippen MR) is 123 cm³/mol. The minimum atomic E-state index is -0.575. The number of nitrogens with zero attached hydrogens (tertiary/aromatic N) is 1. The molecule has 3 aromatic rings. The van der Waals surface area contributed by atoms with Gasteiger partial charge in [0.1, 0.15) is 17.4 Å². The van der Waals surface area contributed by atoms with Crippen LogP contribution in [0.4, 0.5) is 0 Å². The van der Waals surface area contributed by atoms with Crippen molar-refractivity contribution in [1.29, 1.82) is 0 Å². The van der Waals surface area contributed by atoms with Gasteiger partial charge in [0.2, 0.25) is 0 Å². The topological polar surface area (TPSA) is 47.9 Å². The Bertz CT molecular complexity index is 1120. The van der Waals surface area contributed by atoms with E-state index >= 15 is 0 Å². The van der Waals surface area contributed by atoms with E-state index in [1.54, 1.807) is 19.2 Å². The lowest BCUT2D eigenvalue weighted by molar-refractivity contribution is -0.120. The van der Waals surface area contributed by atoms with Crippen LogP contribution in [0.5, 0.6) is 5.75 Å². The van der Waals surface area contributed by atoms with Crippen molar-refractivity contribution in [3.8, 4) is 5.75 Å². The number of carbonyl (C=O) groups is 1. The monoisotopic (exact) mass is 431 g/mol. The minimum absolute atomic E-state index is 0.0316. The van der Waals surface area contributed by atoms with Crippen LogP contribution in [0.2, 0.25) is 5.02 Å². The Balaban J connectivity index is 1.72.